The molecule has 3 aromatic rings. The molecule has 98 valence electrons. The number of fused-ring (bicyclic) bond motifs is 1. The molecular weight excluding hydrogens is 238 g/mol. The highest BCUT2D eigenvalue weighted by Crippen LogP contribution is 2.24. The Hall–Kier alpha value is -2.14. The summed E-state index contributed by atoms with van der Waals surface area (Å²) in [5.41, 5.74) is 10.9. The minimum Gasteiger partial charge on any atom is -0.326 e. The second kappa shape index (κ2) is 4.20. The van der Waals surface area contributed by atoms with Crippen LogP contribution in [-0.2, 0) is 20.6 Å². The Kier molecular flexibility index (Phi) is 2.64. The summed E-state index contributed by atoms with van der Waals surface area (Å²) in [7, 11) is 3.96. The first-order chi connectivity index (χ1) is 9.10. The van der Waals surface area contributed by atoms with Crippen molar-refractivity contribution in [1.29, 1.82) is 0 Å². The average Bonchev–Trinajstić information content (AvgIpc) is 2.89. The van der Waals surface area contributed by atoms with Gasteiger partial charge in [-0.1, -0.05) is 6.07 Å². The van der Waals surface area contributed by atoms with Gasteiger partial charge < -0.3 is 10.3 Å². The Morgan fingerprint density at radius 2 is 2.00 bits per heavy atom. The molecule has 0 spiro atoms. The molecule has 0 bridgehead atoms. The van der Waals surface area contributed by atoms with Gasteiger partial charge in [-0.05, 0) is 30.7 Å². The lowest BCUT2D eigenvalue weighted by Gasteiger charge is -2.02. The molecule has 0 radical (unpaired) electrons. The molecule has 0 unspecified atom stereocenters. The summed E-state index contributed by atoms with van der Waals surface area (Å²) in [6.07, 6.45) is 0. The molecule has 0 saturated carbocycles. The van der Waals surface area contributed by atoms with Crippen LogP contribution in [0.25, 0.3) is 22.6 Å². The topological polar surface area (TPSA) is 61.7 Å². The monoisotopic (exact) mass is 255 g/mol. The summed E-state index contributed by atoms with van der Waals surface area (Å²) in [5.74, 6) is 0.923. The third-order valence-electron chi connectivity index (χ3n) is 3.41. The van der Waals surface area contributed by atoms with E-state index in [1.54, 1.807) is 0 Å². The Balaban J connectivity index is 2.24. The lowest BCUT2D eigenvalue weighted by molar-refractivity contribution is 0.754. The van der Waals surface area contributed by atoms with Gasteiger partial charge in [-0.15, -0.1) is 0 Å². The minimum absolute atomic E-state index is 0.534. The highest BCUT2D eigenvalue weighted by Gasteiger charge is 2.13. The van der Waals surface area contributed by atoms with Gasteiger partial charge in [0.25, 0.3) is 0 Å². The summed E-state index contributed by atoms with van der Waals surface area (Å²) in [6.45, 7) is 2.52. The van der Waals surface area contributed by atoms with Crippen molar-refractivity contribution in [3.63, 3.8) is 0 Å². The summed E-state index contributed by atoms with van der Waals surface area (Å²) in [4.78, 5) is 4.71. The highest BCUT2D eigenvalue weighted by atomic mass is 15.3. The molecule has 2 aromatic heterocycles. The number of benzene rings is 1. The van der Waals surface area contributed by atoms with Gasteiger partial charge in [0, 0.05) is 20.6 Å². The number of hydrogen-bond donors (Lipinski definition) is 1. The van der Waals surface area contributed by atoms with Crippen LogP contribution in [0.1, 0.15) is 11.3 Å². The third kappa shape index (κ3) is 1.82. The number of nitrogens with two attached hydrogens (primary N) is 1. The van der Waals surface area contributed by atoms with E-state index in [0.717, 1.165) is 33.8 Å². The second-order valence-corrected chi connectivity index (χ2v) is 4.82. The van der Waals surface area contributed by atoms with Crippen molar-refractivity contribution in [2.75, 3.05) is 0 Å². The lowest BCUT2D eigenvalue weighted by atomic mass is 10.2. The fourth-order valence-corrected chi connectivity index (χ4v) is 2.42. The van der Waals surface area contributed by atoms with E-state index in [2.05, 4.69) is 15.7 Å². The first-order valence-corrected chi connectivity index (χ1v) is 6.26. The number of imidazole rings is 1. The molecule has 2 N–H and O–H groups in total. The van der Waals surface area contributed by atoms with E-state index in [0.29, 0.717) is 6.54 Å². The number of aromatic nitrogens is 4. The predicted molar refractivity (Wildman–Crippen MR) is 75.5 cm³/mol. The van der Waals surface area contributed by atoms with Crippen molar-refractivity contribution in [1.82, 2.24) is 19.3 Å². The van der Waals surface area contributed by atoms with Crippen LogP contribution in [0.2, 0.25) is 0 Å². The summed E-state index contributed by atoms with van der Waals surface area (Å²) >= 11 is 0. The van der Waals surface area contributed by atoms with Gasteiger partial charge in [-0.25, -0.2) is 4.98 Å². The first-order valence-electron chi connectivity index (χ1n) is 6.26. The molecule has 5 heteroatoms. The van der Waals surface area contributed by atoms with Crippen LogP contribution in [0.3, 0.4) is 0 Å². The largest absolute Gasteiger partial charge is 0.326 e. The van der Waals surface area contributed by atoms with Crippen LogP contribution in [0.5, 0.6) is 0 Å². The fraction of sp³-hybridized carbons (Fsp3) is 0.286. The van der Waals surface area contributed by atoms with E-state index in [4.69, 9.17) is 10.7 Å². The lowest BCUT2D eigenvalue weighted by Crippen LogP contribution is -1.99. The fourth-order valence-electron chi connectivity index (χ4n) is 2.42. The van der Waals surface area contributed by atoms with Crippen molar-refractivity contribution in [3.05, 3.63) is 35.5 Å². The Bertz CT molecular complexity index is 751. The third-order valence-corrected chi connectivity index (χ3v) is 3.41. The van der Waals surface area contributed by atoms with E-state index in [9.17, 15) is 0 Å². The molecule has 0 amide bonds. The number of hydrogen-bond acceptors (Lipinski definition) is 3. The molecular formula is C14H17N5. The van der Waals surface area contributed by atoms with Gasteiger partial charge in [0.2, 0.25) is 0 Å². The van der Waals surface area contributed by atoms with Crippen molar-refractivity contribution in [2.45, 2.75) is 13.5 Å². The molecule has 0 fully saturated rings. The predicted octanol–water partition coefficient (Wildman–Crippen LogP) is 1.74. The van der Waals surface area contributed by atoms with Gasteiger partial charge in [0.05, 0.1) is 16.7 Å². The molecule has 5 nitrogen and oxygen atoms in total. The van der Waals surface area contributed by atoms with E-state index >= 15 is 0 Å². The zero-order chi connectivity index (χ0) is 13.6. The van der Waals surface area contributed by atoms with Gasteiger partial charge >= 0.3 is 0 Å². The molecule has 3 rings (SSSR count). The van der Waals surface area contributed by atoms with Crippen molar-refractivity contribution in [2.24, 2.45) is 19.8 Å². The quantitative estimate of drug-likeness (QED) is 0.758. The van der Waals surface area contributed by atoms with E-state index in [1.807, 2.05) is 43.9 Å². The van der Waals surface area contributed by atoms with E-state index in [1.165, 1.54) is 0 Å². The molecule has 0 aliphatic heterocycles. The van der Waals surface area contributed by atoms with Crippen LogP contribution in [-0.4, -0.2) is 19.3 Å². The number of rotatable bonds is 2. The maximum atomic E-state index is 5.68. The average molecular weight is 255 g/mol. The van der Waals surface area contributed by atoms with Crippen LogP contribution >= 0.6 is 0 Å². The van der Waals surface area contributed by atoms with Crippen LogP contribution in [0.15, 0.2) is 24.3 Å². The summed E-state index contributed by atoms with van der Waals surface area (Å²) in [5, 5.41) is 4.38. The van der Waals surface area contributed by atoms with Crippen LogP contribution in [0, 0.1) is 6.92 Å². The smallest absolute Gasteiger partial charge is 0.159 e. The van der Waals surface area contributed by atoms with E-state index in [-0.39, 0.29) is 0 Å². The van der Waals surface area contributed by atoms with Crippen molar-refractivity contribution in [3.8, 4) is 11.5 Å². The van der Waals surface area contributed by atoms with Gasteiger partial charge in [-0.2, -0.15) is 5.10 Å². The molecule has 1 aromatic carbocycles. The number of nitrogens with zero attached hydrogens (tertiary/aromatic N) is 4. The Morgan fingerprint density at radius 1 is 1.21 bits per heavy atom. The van der Waals surface area contributed by atoms with Gasteiger partial charge in [-0.3, -0.25) is 4.68 Å². The number of aryl methyl sites for hydroxylation is 3. The Morgan fingerprint density at radius 3 is 2.63 bits per heavy atom. The standard InChI is InChI=1S/C14H17N5/c1-9-6-13(19(3)17-9)14-16-11-7-10(8-15)4-5-12(11)18(14)2/h4-7H,8,15H2,1-3H3. The highest BCUT2D eigenvalue weighted by molar-refractivity contribution is 5.80. The van der Waals surface area contributed by atoms with Gasteiger partial charge in [0.1, 0.15) is 5.69 Å². The first kappa shape index (κ1) is 11.9. The molecule has 0 saturated heterocycles. The molecule has 2 heterocycles. The normalized spacial score (nSPS) is 11.4. The minimum atomic E-state index is 0.534. The van der Waals surface area contributed by atoms with E-state index < -0.39 is 0 Å². The molecule has 19 heavy (non-hydrogen) atoms. The summed E-state index contributed by atoms with van der Waals surface area (Å²) in [6, 6.07) is 8.20. The van der Waals surface area contributed by atoms with Crippen LogP contribution < -0.4 is 5.73 Å². The molecule has 0 aliphatic carbocycles. The van der Waals surface area contributed by atoms with Gasteiger partial charge in [0.15, 0.2) is 5.82 Å². The zero-order valence-electron chi connectivity index (χ0n) is 11.4. The second-order valence-electron chi connectivity index (χ2n) is 4.82. The summed E-state index contributed by atoms with van der Waals surface area (Å²) < 4.78 is 3.95. The van der Waals surface area contributed by atoms with Crippen LogP contribution in [0.4, 0.5) is 0 Å². The van der Waals surface area contributed by atoms with Crippen molar-refractivity contribution < 1.29 is 0 Å². The maximum Gasteiger partial charge on any atom is 0.159 e. The van der Waals surface area contributed by atoms with Crippen molar-refractivity contribution >= 4 is 11.0 Å². The zero-order valence-corrected chi connectivity index (χ0v) is 11.4. The molecule has 0 atom stereocenters. The Labute approximate surface area is 111 Å². The SMILES string of the molecule is Cc1cc(-c2nc3cc(CN)ccc3n2C)n(C)n1. The maximum absolute atomic E-state index is 5.68. The molecule has 0 aliphatic rings.